The van der Waals surface area contributed by atoms with E-state index in [1.807, 2.05) is 30.3 Å². The summed E-state index contributed by atoms with van der Waals surface area (Å²) in [5.41, 5.74) is 5.43. The van der Waals surface area contributed by atoms with Crippen LogP contribution < -0.4 is 11.1 Å². The van der Waals surface area contributed by atoms with Crippen molar-refractivity contribution in [1.29, 1.82) is 0 Å². The third-order valence-electron chi connectivity index (χ3n) is 2.92. The molecule has 1 atom stereocenters. The van der Waals surface area contributed by atoms with Gasteiger partial charge in [-0.15, -0.1) is 23.1 Å². The summed E-state index contributed by atoms with van der Waals surface area (Å²) in [7, 11) is 0. The summed E-state index contributed by atoms with van der Waals surface area (Å²) in [6.45, 7) is 1.29. The first-order valence-electron chi connectivity index (χ1n) is 7.03. The number of anilines is 1. The van der Waals surface area contributed by atoms with Crippen molar-refractivity contribution < 1.29 is 19.1 Å². The molecule has 1 heterocycles. The average molecular weight is 364 g/mol. The van der Waals surface area contributed by atoms with E-state index in [4.69, 9.17) is 10.5 Å². The summed E-state index contributed by atoms with van der Waals surface area (Å²) in [5, 5.41) is 4.05. The van der Waals surface area contributed by atoms with Gasteiger partial charge < -0.3 is 15.8 Å². The summed E-state index contributed by atoms with van der Waals surface area (Å²) in [5.74, 6) is -1.64. The van der Waals surface area contributed by atoms with Gasteiger partial charge in [-0.2, -0.15) is 0 Å². The summed E-state index contributed by atoms with van der Waals surface area (Å²) in [4.78, 5) is 35.9. The van der Waals surface area contributed by atoms with E-state index in [-0.39, 0.29) is 5.56 Å². The maximum absolute atomic E-state index is 11.9. The Bertz CT molecular complexity index is 731. The van der Waals surface area contributed by atoms with Crippen molar-refractivity contribution in [3.05, 3.63) is 47.3 Å². The van der Waals surface area contributed by atoms with Gasteiger partial charge in [0.2, 0.25) is 0 Å². The summed E-state index contributed by atoms with van der Waals surface area (Å²) in [6.07, 6.45) is 0. The Hall–Kier alpha value is -2.32. The molecule has 3 N–H and O–H groups in total. The first kappa shape index (κ1) is 18.0. The minimum absolute atomic E-state index is 0.229. The zero-order valence-electron chi connectivity index (χ0n) is 12.9. The topological polar surface area (TPSA) is 98.5 Å². The van der Waals surface area contributed by atoms with Crippen molar-refractivity contribution >= 4 is 45.9 Å². The summed E-state index contributed by atoms with van der Waals surface area (Å²) < 4.78 is 5.00. The predicted octanol–water partition coefficient (Wildman–Crippen LogP) is 2.51. The number of carbonyl (C=O) groups excluding carboxylic acids is 3. The van der Waals surface area contributed by atoms with Crippen LogP contribution in [0.2, 0.25) is 0 Å². The fraction of sp³-hybridized carbons (Fsp3) is 0.188. The SMILES string of the molecule is C[C@H](Sc1ccccc1)C(=O)OCC(=O)Nc1sccc1C(N)=O. The monoisotopic (exact) mass is 364 g/mol. The van der Waals surface area contributed by atoms with Gasteiger partial charge in [0, 0.05) is 4.90 Å². The Labute approximate surface area is 147 Å². The fourth-order valence-electron chi connectivity index (χ4n) is 1.77. The smallest absolute Gasteiger partial charge is 0.319 e. The number of hydrogen-bond donors (Lipinski definition) is 2. The molecule has 0 saturated carbocycles. The highest BCUT2D eigenvalue weighted by atomic mass is 32.2. The maximum Gasteiger partial charge on any atom is 0.319 e. The quantitative estimate of drug-likeness (QED) is 0.581. The molecule has 0 spiro atoms. The van der Waals surface area contributed by atoms with Crippen molar-refractivity contribution in [2.24, 2.45) is 5.73 Å². The van der Waals surface area contributed by atoms with E-state index in [0.717, 1.165) is 4.90 Å². The van der Waals surface area contributed by atoms with Crippen molar-refractivity contribution in [2.75, 3.05) is 11.9 Å². The van der Waals surface area contributed by atoms with Crippen LogP contribution in [0.3, 0.4) is 0 Å². The first-order chi connectivity index (χ1) is 11.5. The molecule has 8 heteroatoms. The highest BCUT2D eigenvalue weighted by molar-refractivity contribution is 8.00. The highest BCUT2D eigenvalue weighted by Crippen LogP contribution is 2.24. The molecule has 6 nitrogen and oxygen atoms in total. The molecule has 1 aromatic carbocycles. The van der Waals surface area contributed by atoms with Gasteiger partial charge in [-0.3, -0.25) is 14.4 Å². The van der Waals surface area contributed by atoms with Crippen LogP contribution in [0.15, 0.2) is 46.7 Å². The molecule has 2 amide bonds. The summed E-state index contributed by atoms with van der Waals surface area (Å²) >= 11 is 2.52. The minimum Gasteiger partial charge on any atom is -0.455 e. The second-order valence-electron chi connectivity index (χ2n) is 4.76. The van der Waals surface area contributed by atoms with Crippen LogP contribution in [0.5, 0.6) is 0 Å². The van der Waals surface area contributed by atoms with Crippen LogP contribution in [-0.4, -0.2) is 29.6 Å². The molecular formula is C16H16N2O4S2. The Morgan fingerprint density at radius 3 is 2.62 bits per heavy atom. The number of primary amides is 1. The number of amides is 2. The lowest BCUT2D eigenvalue weighted by molar-refractivity contribution is -0.146. The van der Waals surface area contributed by atoms with E-state index in [0.29, 0.717) is 5.00 Å². The van der Waals surface area contributed by atoms with Crippen molar-refractivity contribution in [2.45, 2.75) is 17.1 Å². The van der Waals surface area contributed by atoms with E-state index in [9.17, 15) is 14.4 Å². The van der Waals surface area contributed by atoms with E-state index < -0.39 is 29.6 Å². The zero-order chi connectivity index (χ0) is 17.5. The number of benzene rings is 1. The normalized spacial score (nSPS) is 11.5. The molecule has 0 fully saturated rings. The molecule has 0 aliphatic rings. The highest BCUT2D eigenvalue weighted by Gasteiger charge is 2.18. The van der Waals surface area contributed by atoms with Gasteiger partial charge in [0.05, 0.1) is 5.56 Å². The van der Waals surface area contributed by atoms with E-state index in [1.165, 1.54) is 29.2 Å². The van der Waals surface area contributed by atoms with Gasteiger partial charge in [-0.1, -0.05) is 18.2 Å². The van der Waals surface area contributed by atoms with Gasteiger partial charge in [0.1, 0.15) is 10.3 Å². The number of nitrogens with one attached hydrogen (secondary N) is 1. The van der Waals surface area contributed by atoms with Crippen LogP contribution >= 0.6 is 23.1 Å². The van der Waals surface area contributed by atoms with Gasteiger partial charge in [-0.05, 0) is 30.5 Å². The summed E-state index contributed by atoms with van der Waals surface area (Å²) in [6, 6.07) is 11.0. The molecule has 0 radical (unpaired) electrons. The van der Waals surface area contributed by atoms with E-state index >= 15 is 0 Å². The van der Waals surface area contributed by atoms with E-state index in [2.05, 4.69) is 5.32 Å². The van der Waals surface area contributed by atoms with Gasteiger partial charge in [-0.25, -0.2) is 0 Å². The van der Waals surface area contributed by atoms with Crippen LogP contribution in [0, 0.1) is 0 Å². The lowest BCUT2D eigenvalue weighted by Gasteiger charge is -2.11. The largest absolute Gasteiger partial charge is 0.455 e. The standard InChI is InChI=1S/C16H16N2O4S2/c1-10(24-11-5-3-2-4-6-11)16(21)22-9-13(19)18-15-12(14(17)20)7-8-23-15/h2-8,10H,9H2,1H3,(H2,17,20)(H,18,19)/t10-/m0/s1. The van der Waals surface area contributed by atoms with Gasteiger partial charge in [0.15, 0.2) is 6.61 Å². The predicted molar refractivity (Wildman–Crippen MR) is 94.2 cm³/mol. The fourth-order valence-corrected chi connectivity index (χ4v) is 3.46. The number of carbonyl (C=O) groups is 3. The Morgan fingerprint density at radius 2 is 1.96 bits per heavy atom. The molecule has 0 aliphatic carbocycles. The number of nitrogens with two attached hydrogens (primary N) is 1. The van der Waals surface area contributed by atoms with Crippen LogP contribution in [-0.2, 0) is 14.3 Å². The van der Waals surface area contributed by atoms with Crippen molar-refractivity contribution in [3.8, 4) is 0 Å². The zero-order valence-corrected chi connectivity index (χ0v) is 14.5. The number of ether oxygens (including phenoxy) is 1. The molecule has 1 aromatic heterocycles. The van der Waals surface area contributed by atoms with Crippen LogP contribution in [0.4, 0.5) is 5.00 Å². The van der Waals surface area contributed by atoms with Gasteiger partial charge >= 0.3 is 5.97 Å². The van der Waals surface area contributed by atoms with E-state index in [1.54, 1.807) is 12.3 Å². The molecule has 0 saturated heterocycles. The third-order valence-corrected chi connectivity index (χ3v) is 4.84. The Balaban J connectivity index is 1.81. The number of thioether (sulfide) groups is 1. The molecule has 2 aromatic rings. The lowest BCUT2D eigenvalue weighted by atomic mass is 10.3. The molecule has 126 valence electrons. The molecule has 0 bridgehead atoms. The van der Waals surface area contributed by atoms with Crippen LogP contribution in [0.1, 0.15) is 17.3 Å². The molecular weight excluding hydrogens is 348 g/mol. The van der Waals surface area contributed by atoms with Crippen molar-refractivity contribution in [3.63, 3.8) is 0 Å². The number of rotatable bonds is 7. The number of thiophene rings is 1. The Kier molecular flexibility index (Phi) is 6.39. The Morgan fingerprint density at radius 1 is 1.25 bits per heavy atom. The second kappa shape index (κ2) is 8.51. The molecule has 24 heavy (non-hydrogen) atoms. The molecule has 0 aliphatic heterocycles. The third kappa shape index (κ3) is 5.10. The number of hydrogen-bond acceptors (Lipinski definition) is 6. The molecule has 0 unspecified atom stereocenters. The van der Waals surface area contributed by atoms with Crippen LogP contribution in [0.25, 0.3) is 0 Å². The average Bonchev–Trinajstić information content (AvgIpc) is 3.01. The first-order valence-corrected chi connectivity index (χ1v) is 8.79. The minimum atomic E-state index is -0.628. The van der Waals surface area contributed by atoms with Crippen molar-refractivity contribution in [1.82, 2.24) is 0 Å². The lowest BCUT2D eigenvalue weighted by Crippen LogP contribution is -2.25. The maximum atomic E-state index is 11.9. The van der Waals surface area contributed by atoms with Gasteiger partial charge in [0.25, 0.3) is 11.8 Å². The molecule has 2 rings (SSSR count). The number of esters is 1. The second-order valence-corrected chi connectivity index (χ2v) is 7.09.